The average molecular weight is 284 g/mol. The first-order valence-electron chi connectivity index (χ1n) is 7.39. The monoisotopic (exact) mass is 284 g/mol. The van der Waals surface area contributed by atoms with Crippen LogP contribution >= 0.6 is 0 Å². The van der Waals surface area contributed by atoms with Gasteiger partial charge in [0.2, 0.25) is 0 Å². The third-order valence-corrected chi connectivity index (χ3v) is 3.91. The van der Waals surface area contributed by atoms with E-state index < -0.39 is 0 Å². The van der Waals surface area contributed by atoms with E-state index >= 15 is 0 Å². The topological polar surface area (TPSA) is 84.1 Å². The van der Waals surface area contributed by atoms with Crippen LogP contribution < -0.4 is 11.1 Å². The number of phenolic OH excluding ortho intramolecular Hbond substituents is 1. The Morgan fingerprint density at radius 2 is 2.10 bits per heavy atom. The van der Waals surface area contributed by atoms with Gasteiger partial charge in [-0.15, -0.1) is 0 Å². The molecule has 1 fully saturated rings. The zero-order chi connectivity index (χ0) is 14.7. The minimum Gasteiger partial charge on any atom is -0.507 e. The molecule has 1 saturated carbocycles. The maximum atomic E-state index is 9.96. The molecule has 0 radical (unpaired) electrons. The summed E-state index contributed by atoms with van der Waals surface area (Å²) in [7, 11) is 0. The number of hydrogen-bond acceptors (Lipinski definition) is 5. The molecule has 1 heterocycles. The molecule has 2 aromatic rings. The van der Waals surface area contributed by atoms with Crippen LogP contribution in [0.25, 0.3) is 11.4 Å². The summed E-state index contributed by atoms with van der Waals surface area (Å²) < 4.78 is 0. The highest BCUT2D eigenvalue weighted by Crippen LogP contribution is 2.39. The average Bonchev–Trinajstić information content (AvgIpc) is 2.45. The minimum atomic E-state index is 0.208. The van der Waals surface area contributed by atoms with Crippen molar-refractivity contribution in [3.05, 3.63) is 36.2 Å². The maximum absolute atomic E-state index is 9.96. The van der Waals surface area contributed by atoms with E-state index in [2.05, 4.69) is 10.3 Å². The molecule has 0 atom stereocenters. The van der Waals surface area contributed by atoms with Gasteiger partial charge in [0.25, 0.3) is 0 Å². The number of nitrogens with one attached hydrogen (secondary N) is 1. The highest BCUT2D eigenvalue weighted by atomic mass is 16.3. The molecular weight excluding hydrogens is 264 g/mol. The summed E-state index contributed by atoms with van der Waals surface area (Å²) in [5.74, 6) is 1.27. The molecule has 0 amide bonds. The fourth-order valence-corrected chi connectivity index (χ4v) is 2.52. The third kappa shape index (κ3) is 2.83. The summed E-state index contributed by atoms with van der Waals surface area (Å²) in [6, 6.07) is 7.16. The standard InChI is InChI=1S/C16H20N4O/c17-8-9-18-13-10-19-16(12-6-1-2-7-14(12)21)20-15(13)11-4-3-5-11/h1-2,6-7,10-11,18,21H,3-5,8-9,17H2. The van der Waals surface area contributed by atoms with Crippen LogP contribution in [0.3, 0.4) is 0 Å². The van der Waals surface area contributed by atoms with Gasteiger partial charge >= 0.3 is 0 Å². The summed E-state index contributed by atoms with van der Waals surface area (Å²) in [6.45, 7) is 1.28. The van der Waals surface area contributed by atoms with E-state index in [1.165, 1.54) is 6.42 Å². The van der Waals surface area contributed by atoms with Crippen LogP contribution in [0.5, 0.6) is 5.75 Å². The van der Waals surface area contributed by atoms with Gasteiger partial charge < -0.3 is 16.2 Å². The Kier molecular flexibility index (Phi) is 4.01. The molecule has 1 aromatic carbocycles. The molecule has 0 unspecified atom stereocenters. The van der Waals surface area contributed by atoms with Crippen LogP contribution in [0.15, 0.2) is 30.5 Å². The summed E-state index contributed by atoms with van der Waals surface area (Å²) in [4.78, 5) is 9.09. The first-order chi connectivity index (χ1) is 10.3. The van der Waals surface area contributed by atoms with E-state index in [0.29, 0.717) is 30.4 Å². The summed E-state index contributed by atoms with van der Waals surface area (Å²) in [6.07, 6.45) is 5.37. The van der Waals surface area contributed by atoms with Crippen molar-refractivity contribution in [3.63, 3.8) is 0 Å². The van der Waals surface area contributed by atoms with E-state index in [4.69, 9.17) is 10.7 Å². The van der Waals surface area contributed by atoms with E-state index in [1.807, 2.05) is 12.1 Å². The first-order valence-corrected chi connectivity index (χ1v) is 7.39. The molecular formula is C16H20N4O. The number of nitrogens with zero attached hydrogens (tertiary/aromatic N) is 2. The van der Waals surface area contributed by atoms with Gasteiger partial charge in [-0.25, -0.2) is 9.97 Å². The molecule has 4 N–H and O–H groups in total. The van der Waals surface area contributed by atoms with Crippen molar-refractivity contribution < 1.29 is 5.11 Å². The summed E-state index contributed by atoms with van der Waals surface area (Å²) in [5, 5.41) is 13.3. The number of rotatable bonds is 5. The Balaban J connectivity index is 1.98. The second-order valence-corrected chi connectivity index (χ2v) is 5.35. The molecule has 5 nitrogen and oxygen atoms in total. The lowest BCUT2D eigenvalue weighted by Crippen LogP contribution is -2.18. The summed E-state index contributed by atoms with van der Waals surface area (Å²) >= 11 is 0. The van der Waals surface area contributed by atoms with Crippen LogP contribution in [0.2, 0.25) is 0 Å². The fourth-order valence-electron chi connectivity index (χ4n) is 2.52. The van der Waals surface area contributed by atoms with Crippen molar-refractivity contribution in [2.24, 2.45) is 5.73 Å². The normalized spacial score (nSPS) is 14.7. The zero-order valence-electron chi connectivity index (χ0n) is 11.9. The lowest BCUT2D eigenvalue weighted by molar-refractivity contribution is 0.412. The van der Waals surface area contributed by atoms with Crippen molar-refractivity contribution in [3.8, 4) is 17.1 Å². The van der Waals surface area contributed by atoms with Gasteiger partial charge in [-0.3, -0.25) is 0 Å². The molecule has 0 spiro atoms. The minimum absolute atomic E-state index is 0.208. The van der Waals surface area contributed by atoms with E-state index in [9.17, 15) is 5.11 Å². The number of anilines is 1. The van der Waals surface area contributed by atoms with Crippen molar-refractivity contribution in [1.29, 1.82) is 0 Å². The largest absolute Gasteiger partial charge is 0.507 e. The first kappa shape index (κ1) is 13.8. The Bertz CT molecular complexity index is 625. The molecule has 1 aromatic heterocycles. The molecule has 5 heteroatoms. The van der Waals surface area contributed by atoms with E-state index in [1.54, 1.807) is 18.3 Å². The Morgan fingerprint density at radius 1 is 1.29 bits per heavy atom. The van der Waals surface area contributed by atoms with Gasteiger partial charge in [0.05, 0.1) is 23.1 Å². The van der Waals surface area contributed by atoms with Gasteiger partial charge in [0.15, 0.2) is 5.82 Å². The lowest BCUT2D eigenvalue weighted by Gasteiger charge is -2.27. The molecule has 21 heavy (non-hydrogen) atoms. The summed E-state index contributed by atoms with van der Waals surface area (Å²) in [5.41, 5.74) is 8.23. The van der Waals surface area contributed by atoms with Crippen molar-refractivity contribution in [1.82, 2.24) is 9.97 Å². The van der Waals surface area contributed by atoms with Gasteiger partial charge in [-0.05, 0) is 25.0 Å². The van der Waals surface area contributed by atoms with Crippen molar-refractivity contribution in [2.45, 2.75) is 25.2 Å². The molecule has 0 aliphatic heterocycles. The highest BCUT2D eigenvalue weighted by molar-refractivity contribution is 5.65. The van der Waals surface area contributed by atoms with Gasteiger partial charge in [-0.1, -0.05) is 18.6 Å². The maximum Gasteiger partial charge on any atom is 0.163 e. The fraction of sp³-hybridized carbons (Fsp3) is 0.375. The lowest BCUT2D eigenvalue weighted by atomic mass is 9.82. The Morgan fingerprint density at radius 3 is 2.76 bits per heavy atom. The molecule has 1 aliphatic carbocycles. The van der Waals surface area contributed by atoms with Crippen LogP contribution in [0.1, 0.15) is 30.9 Å². The Hall–Kier alpha value is -2.14. The molecule has 3 rings (SSSR count). The number of hydrogen-bond donors (Lipinski definition) is 3. The number of aromatic nitrogens is 2. The molecule has 0 saturated heterocycles. The van der Waals surface area contributed by atoms with Crippen molar-refractivity contribution in [2.75, 3.05) is 18.4 Å². The Labute approximate surface area is 124 Å². The quantitative estimate of drug-likeness (QED) is 0.785. The van der Waals surface area contributed by atoms with Crippen LogP contribution in [0.4, 0.5) is 5.69 Å². The predicted molar refractivity (Wildman–Crippen MR) is 83.3 cm³/mol. The van der Waals surface area contributed by atoms with Crippen LogP contribution in [-0.2, 0) is 0 Å². The van der Waals surface area contributed by atoms with Gasteiger partial charge in [-0.2, -0.15) is 0 Å². The number of aromatic hydroxyl groups is 1. The van der Waals surface area contributed by atoms with E-state index in [0.717, 1.165) is 24.2 Å². The molecule has 0 bridgehead atoms. The SMILES string of the molecule is NCCNc1cnc(-c2ccccc2O)nc1C1CCC1. The number of nitrogens with two attached hydrogens (primary N) is 1. The highest BCUT2D eigenvalue weighted by Gasteiger charge is 2.25. The predicted octanol–water partition coefficient (Wildman–Crippen LogP) is 2.49. The van der Waals surface area contributed by atoms with Crippen LogP contribution in [-0.4, -0.2) is 28.2 Å². The number of para-hydroxylation sites is 1. The van der Waals surface area contributed by atoms with E-state index in [-0.39, 0.29) is 5.75 Å². The number of benzene rings is 1. The van der Waals surface area contributed by atoms with Gasteiger partial charge in [0.1, 0.15) is 5.75 Å². The smallest absolute Gasteiger partial charge is 0.163 e. The van der Waals surface area contributed by atoms with Gasteiger partial charge in [0, 0.05) is 19.0 Å². The van der Waals surface area contributed by atoms with Crippen LogP contribution in [0, 0.1) is 0 Å². The third-order valence-electron chi connectivity index (χ3n) is 3.91. The number of phenols is 1. The molecule has 1 aliphatic rings. The van der Waals surface area contributed by atoms with Crippen molar-refractivity contribution >= 4 is 5.69 Å². The second-order valence-electron chi connectivity index (χ2n) is 5.35. The second kappa shape index (κ2) is 6.10. The molecule has 110 valence electrons. The zero-order valence-corrected chi connectivity index (χ0v) is 11.9.